The van der Waals surface area contributed by atoms with Crippen molar-refractivity contribution in [3.63, 3.8) is 0 Å². The van der Waals surface area contributed by atoms with Gasteiger partial charge >= 0.3 is 39.5 Å². The second-order valence-electron chi connectivity index (χ2n) is 29.4. The predicted octanol–water partition coefficient (Wildman–Crippen LogP) is 22.4. The normalized spacial score (nSPS) is 14.4. The fourth-order valence-electron chi connectivity index (χ4n) is 11.7. The van der Waals surface area contributed by atoms with Gasteiger partial charge in [0.2, 0.25) is 0 Å². The molecule has 3 N–H and O–H groups in total. The molecule has 0 aromatic carbocycles. The maximum absolute atomic E-state index is 13.1. The molecule has 19 heteroatoms. The molecule has 96 heavy (non-hydrogen) atoms. The monoisotopic (exact) mass is 1410 g/mol. The SMILES string of the molecule is CCC(C)CCCCCCCCCCCCCCCCCCCCC(=O)OC[C@H](COP(=O)(O)OCC(O)COP(=O)(O)OC[C@@H](COC(=O)CCCCCCCCCC(C)C)OC(=O)CCCCCCCCCCCC(C)C)OC(=O)CCCCCCCCCCCC(C)C. The Morgan fingerprint density at radius 2 is 0.500 bits per heavy atom. The molecule has 0 aliphatic rings. The number of esters is 4. The van der Waals surface area contributed by atoms with Crippen LogP contribution in [0.1, 0.15) is 389 Å². The van der Waals surface area contributed by atoms with Crippen molar-refractivity contribution in [2.45, 2.75) is 408 Å². The van der Waals surface area contributed by atoms with E-state index in [0.29, 0.717) is 31.6 Å². The van der Waals surface area contributed by atoms with Crippen molar-refractivity contribution < 1.29 is 80.2 Å². The van der Waals surface area contributed by atoms with Gasteiger partial charge in [0.25, 0.3) is 0 Å². The Labute approximate surface area is 588 Å². The highest BCUT2D eigenvalue weighted by Gasteiger charge is 2.30. The summed E-state index contributed by atoms with van der Waals surface area (Å²) in [4.78, 5) is 72.8. The Morgan fingerprint density at radius 1 is 0.292 bits per heavy atom. The molecule has 0 radical (unpaired) electrons. The van der Waals surface area contributed by atoms with Crippen LogP contribution in [-0.4, -0.2) is 96.7 Å². The number of hydrogen-bond donors (Lipinski definition) is 3. The largest absolute Gasteiger partial charge is 0.472 e. The van der Waals surface area contributed by atoms with Crippen LogP contribution in [0.4, 0.5) is 0 Å². The van der Waals surface area contributed by atoms with Crippen LogP contribution in [0.25, 0.3) is 0 Å². The first-order chi connectivity index (χ1) is 46.1. The first-order valence-electron chi connectivity index (χ1n) is 39.7. The molecule has 0 amide bonds. The molecule has 0 saturated heterocycles. The third kappa shape index (κ3) is 69.2. The summed E-state index contributed by atoms with van der Waals surface area (Å²) < 4.78 is 68.5. The third-order valence-electron chi connectivity index (χ3n) is 18.2. The number of aliphatic hydroxyl groups is 1. The smallest absolute Gasteiger partial charge is 0.462 e. The van der Waals surface area contributed by atoms with Crippen molar-refractivity contribution in [1.29, 1.82) is 0 Å². The van der Waals surface area contributed by atoms with E-state index in [2.05, 4.69) is 55.4 Å². The Balaban J connectivity index is 5.16. The fourth-order valence-corrected chi connectivity index (χ4v) is 13.3. The maximum Gasteiger partial charge on any atom is 0.472 e. The second kappa shape index (κ2) is 66.3. The number of ether oxygens (including phenoxy) is 4. The van der Waals surface area contributed by atoms with E-state index in [-0.39, 0.29) is 25.7 Å². The van der Waals surface area contributed by atoms with E-state index in [1.807, 2.05) is 0 Å². The van der Waals surface area contributed by atoms with E-state index < -0.39 is 97.5 Å². The highest BCUT2D eigenvalue weighted by molar-refractivity contribution is 7.47. The topological polar surface area (TPSA) is 237 Å². The Morgan fingerprint density at radius 3 is 0.740 bits per heavy atom. The van der Waals surface area contributed by atoms with E-state index in [9.17, 15) is 43.2 Å². The van der Waals surface area contributed by atoms with Gasteiger partial charge in [-0.1, -0.05) is 338 Å². The molecule has 17 nitrogen and oxygen atoms in total. The predicted molar refractivity (Wildman–Crippen MR) is 391 cm³/mol. The molecule has 0 aromatic heterocycles. The number of phosphoric acid groups is 2. The van der Waals surface area contributed by atoms with Gasteiger partial charge in [0.1, 0.15) is 19.3 Å². The van der Waals surface area contributed by atoms with Crippen LogP contribution in [0.5, 0.6) is 0 Å². The van der Waals surface area contributed by atoms with Gasteiger partial charge in [-0.05, 0) is 49.4 Å². The average molecular weight is 1410 g/mol. The van der Waals surface area contributed by atoms with Crippen LogP contribution >= 0.6 is 15.6 Å². The van der Waals surface area contributed by atoms with Crippen molar-refractivity contribution in [3.05, 3.63) is 0 Å². The molecular weight excluding hydrogens is 1260 g/mol. The zero-order valence-corrected chi connectivity index (χ0v) is 64.8. The van der Waals surface area contributed by atoms with Gasteiger partial charge in [0, 0.05) is 25.7 Å². The minimum atomic E-state index is -4.96. The van der Waals surface area contributed by atoms with E-state index in [1.54, 1.807) is 0 Å². The van der Waals surface area contributed by atoms with Crippen LogP contribution in [0.15, 0.2) is 0 Å². The van der Waals surface area contributed by atoms with Gasteiger partial charge in [-0.2, -0.15) is 0 Å². The number of carbonyl (C=O) groups excluding carboxylic acids is 4. The number of hydrogen-bond acceptors (Lipinski definition) is 15. The minimum absolute atomic E-state index is 0.104. The lowest BCUT2D eigenvalue weighted by atomic mass is 9.99. The highest BCUT2D eigenvalue weighted by Crippen LogP contribution is 2.45. The fraction of sp³-hybridized carbons (Fsp3) is 0.948. The number of unbranched alkanes of at least 4 members (excludes halogenated alkanes) is 39. The van der Waals surface area contributed by atoms with Gasteiger partial charge in [0.05, 0.1) is 26.4 Å². The minimum Gasteiger partial charge on any atom is -0.462 e. The first kappa shape index (κ1) is 94.1. The maximum atomic E-state index is 13.1. The molecular formula is C77H150O17P2. The molecule has 0 fully saturated rings. The summed E-state index contributed by atoms with van der Waals surface area (Å²) in [6.07, 6.45) is 51.6. The molecule has 0 aliphatic heterocycles. The lowest BCUT2D eigenvalue weighted by molar-refractivity contribution is -0.161. The van der Waals surface area contributed by atoms with E-state index >= 15 is 0 Å². The Bertz CT molecular complexity index is 1890. The summed E-state index contributed by atoms with van der Waals surface area (Å²) in [6, 6.07) is 0. The van der Waals surface area contributed by atoms with Gasteiger partial charge < -0.3 is 33.8 Å². The molecule has 0 saturated carbocycles. The zero-order valence-electron chi connectivity index (χ0n) is 63.0. The molecule has 0 rings (SSSR count). The summed E-state index contributed by atoms with van der Waals surface area (Å²) in [6.45, 7) is 14.2. The molecule has 570 valence electrons. The molecule has 0 aliphatic carbocycles. The quantitative estimate of drug-likeness (QED) is 0.0222. The molecule has 0 bridgehead atoms. The number of carbonyl (C=O) groups is 4. The van der Waals surface area contributed by atoms with Gasteiger partial charge in [-0.15, -0.1) is 0 Å². The van der Waals surface area contributed by atoms with Gasteiger partial charge in [-0.3, -0.25) is 37.3 Å². The molecule has 0 heterocycles. The number of rotatable bonds is 74. The Hall–Kier alpha value is -1.94. The molecule has 4 unspecified atom stereocenters. The summed E-state index contributed by atoms with van der Waals surface area (Å²) >= 11 is 0. The first-order valence-corrected chi connectivity index (χ1v) is 42.7. The molecule has 0 aromatic rings. The van der Waals surface area contributed by atoms with Gasteiger partial charge in [0.15, 0.2) is 12.2 Å². The summed E-state index contributed by atoms with van der Waals surface area (Å²) in [5.41, 5.74) is 0. The van der Waals surface area contributed by atoms with Crippen LogP contribution in [0.3, 0.4) is 0 Å². The van der Waals surface area contributed by atoms with Crippen molar-refractivity contribution in [1.82, 2.24) is 0 Å². The van der Waals surface area contributed by atoms with E-state index in [0.717, 1.165) is 114 Å². The Kier molecular flexibility index (Phi) is 65.0. The van der Waals surface area contributed by atoms with Crippen molar-refractivity contribution >= 4 is 39.5 Å². The standard InChI is InChI=1S/C77H150O17P2/c1-9-70(8)56-48-40-32-24-18-16-14-12-10-11-13-15-17-19-25-33-41-49-57-74(79)87-63-72(93-76(81)59-51-43-34-26-20-22-29-37-45-53-67(2)3)65-91-95(83,84)89-61-71(78)62-90-96(85,86)92-66-73(64-88-75(80)58-50-42-36-28-31-39-47-55-69(6)7)94-77(82)60-52-44-35-27-21-23-30-38-46-54-68(4)5/h67-73,78H,9-66H2,1-8H3,(H,83,84)(H,85,86)/t70?,71?,72-,73-/m1/s1. The van der Waals surface area contributed by atoms with Gasteiger partial charge in [-0.25, -0.2) is 9.13 Å². The van der Waals surface area contributed by atoms with Crippen LogP contribution in [0.2, 0.25) is 0 Å². The van der Waals surface area contributed by atoms with Crippen molar-refractivity contribution in [2.24, 2.45) is 23.7 Å². The molecule has 0 spiro atoms. The second-order valence-corrected chi connectivity index (χ2v) is 32.3. The zero-order chi connectivity index (χ0) is 71.0. The number of phosphoric ester groups is 2. The van der Waals surface area contributed by atoms with E-state index in [4.69, 9.17) is 37.0 Å². The van der Waals surface area contributed by atoms with Crippen molar-refractivity contribution in [3.8, 4) is 0 Å². The summed E-state index contributed by atoms with van der Waals surface area (Å²) in [7, 11) is -9.91. The lowest BCUT2D eigenvalue weighted by Crippen LogP contribution is -2.30. The molecule has 6 atom stereocenters. The summed E-state index contributed by atoms with van der Waals surface area (Å²) in [5.74, 6) is 0.928. The van der Waals surface area contributed by atoms with Crippen LogP contribution in [0, 0.1) is 23.7 Å². The van der Waals surface area contributed by atoms with E-state index in [1.165, 1.54) is 186 Å². The van der Waals surface area contributed by atoms with Crippen LogP contribution < -0.4 is 0 Å². The summed E-state index contributed by atoms with van der Waals surface area (Å²) in [5, 5.41) is 10.6. The number of aliphatic hydroxyl groups excluding tert-OH is 1. The van der Waals surface area contributed by atoms with Crippen LogP contribution in [-0.2, 0) is 65.4 Å². The third-order valence-corrected chi connectivity index (χ3v) is 20.1. The van der Waals surface area contributed by atoms with Crippen molar-refractivity contribution in [2.75, 3.05) is 39.6 Å². The highest BCUT2D eigenvalue weighted by atomic mass is 31.2. The average Bonchev–Trinajstić information content (AvgIpc) is 3.57. The lowest BCUT2D eigenvalue weighted by Gasteiger charge is -2.21.